The Kier molecular flexibility index (Phi) is 3.06. The summed E-state index contributed by atoms with van der Waals surface area (Å²) in [4.78, 5) is 7.71. The quantitative estimate of drug-likeness (QED) is 0.767. The Balaban J connectivity index is 2.12. The van der Waals surface area contributed by atoms with Crippen LogP contribution in [0.4, 0.5) is 0 Å². The van der Waals surface area contributed by atoms with Crippen molar-refractivity contribution in [1.82, 2.24) is 25.1 Å². The minimum absolute atomic E-state index is 0.820. The molecule has 0 saturated carbocycles. The molecule has 2 aromatic heterocycles. The Bertz CT molecular complexity index is 766. The first-order chi connectivity index (χ1) is 9.60. The number of H-pyrrole nitrogens is 1. The zero-order valence-corrected chi connectivity index (χ0v) is 12.3. The van der Waals surface area contributed by atoms with Crippen LogP contribution in [-0.4, -0.2) is 26.8 Å². The highest BCUT2D eigenvalue weighted by Gasteiger charge is 2.14. The van der Waals surface area contributed by atoms with Crippen molar-refractivity contribution < 1.29 is 0 Å². The van der Waals surface area contributed by atoms with Crippen molar-refractivity contribution in [2.24, 2.45) is 7.05 Å². The van der Waals surface area contributed by atoms with Crippen LogP contribution in [0.3, 0.4) is 0 Å². The van der Waals surface area contributed by atoms with Crippen molar-refractivity contribution in [2.75, 3.05) is 7.05 Å². The maximum atomic E-state index is 4.66. The second-order valence-corrected chi connectivity index (χ2v) is 5.13. The molecule has 0 saturated heterocycles. The lowest BCUT2D eigenvalue weighted by molar-refractivity contribution is 0.671. The first-order valence-electron chi connectivity index (χ1n) is 6.74. The fraction of sp³-hybridized carbons (Fsp3) is 0.333. The number of imidazole rings is 1. The zero-order valence-electron chi connectivity index (χ0n) is 12.3. The third-order valence-corrected chi connectivity index (χ3v) is 3.65. The Labute approximate surface area is 118 Å². The molecule has 0 aliphatic heterocycles. The van der Waals surface area contributed by atoms with Crippen molar-refractivity contribution in [3.05, 3.63) is 35.3 Å². The SMILES string of the molecule is CNCc1c(C)c(-c2ccc3nc(C)[nH]c3c2)nn1C. The first-order valence-corrected chi connectivity index (χ1v) is 6.74. The molecule has 0 aliphatic rings. The highest BCUT2D eigenvalue weighted by atomic mass is 15.3. The molecular weight excluding hydrogens is 250 g/mol. The summed E-state index contributed by atoms with van der Waals surface area (Å²) >= 11 is 0. The molecule has 5 heteroatoms. The Hall–Kier alpha value is -2.14. The van der Waals surface area contributed by atoms with Gasteiger partial charge in [-0.2, -0.15) is 5.10 Å². The predicted octanol–water partition coefficient (Wildman–Crippen LogP) is 2.30. The van der Waals surface area contributed by atoms with Gasteiger partial charge in [0, 0.05) is 19.2 Å². The van der Waals surface area contributed by atoms with Crippen LogP contribution < -0.4 is 5.32 Å². The van der Waals surface area contributed by atoms with Crippen LogP contribution >= 0.6 is 0 Å². The van der Waals surface area contributed by atoms with E-state index in [1.54, 1.807) is 0 Å². The Morgan fingerprint density at radius 1 is 1.30 bits per heavy atom. The van der Waals surface area contributed by atoms with E-state index in [0.29, 0.717) is 0 Å². The fourth-order valence-electron chi connectivity index (χ4n) is 2.64. The van der Waals surface area contributed by atoms with Gasteiger partial charge in [-0.05, 0) is 38.6 Å². The molecular formula is C15H19N5. The summed E-state index contributed by atoms with van der Waals surface area (Å²) in [6, 6.07) is 6.24. The second-order valence-electron chi connectivity index (χ2n) is 5.13. The summed E-state index contributed by atoms with van der Waals surface area (Å²) in [6.45, 7) is 4.91. The molecule has 104 valence electrons. The third kappa shape index (κ3) is 2.00. The molecule has 3 rings (SSSR count). The van der Waals surface area contributed by atoms with E-state index in [2.05, 4.69) is 39.4 Å². The number of nitrogens with zero attached hydrogens (tertiary/aromatic N) is 3. The van der Waals surface area contributed by atoms with Gasteiger partial charge in [0.2, 0.25) is 0 Å². The van der Waals surface area contributed by atoms with E-state index in [1.165, 1.54) is 11.3 Å². The number of hydrogen-bond donors (Lipinski definition) is 2. The number of aromatic amines is 1. The third-order valence-electron chi connectivity index (χ3n) is 3.65. The maximum Gasteiger partial charge on any atom is 0.104 e. The van der Waals surface area contributed by atoms with E-state index in [0.717, 1.165) is 34.7 Å². The van der Waals surface area contributed by atoms with E-state index in [9.17, 15) is 0 Å². The van der Waals surface area contributed by atoms with E-state index >= 15 is 0 Å². The average molecular weight is 269 g/mol. The lowest BCUT2D eigenvalue weighted by atomic mass is 10.1. The van der Waals surface area contributed by atoms with Crippen LogP contribution in [0.1, 0.15) is 17.1 Å². The standard InChI is InChI=1S/C15H19N5/c1-9-14(8-16-3)20(4)19-15(9)11-5-6-12-13(7-11)18-10(2)17-12/h5-7,16H,8H2,1-4H3,(H,17,18). The van der Waals surface area contributed by atoms with Gasteiger partial charge < -0.3 is 10.3 Å². The van der Waals surface area contributed by atoms with Crippen molar-refractivity contribution in [3.63, 3.8) is 0 Å². The average Bonchev–Trinajstić information content (AvgIpc) is 2.91. The Morgan fingerprint density at radius 2 is 2.10 bits per heavy atom. The van der Waals surface area contributed by atoms with Crippen LogP contribution in [-0.2, 0) is 13.6 Å². The molecule has 0 spiro atoms. The summed E-state index contributed by atoms with van der Waals surface area (Å²) in [7, 11) is 3.94. The lowest BCUT2D eigenvalue weighted by Gasteiger charge is -2.01. The monoisotopic (exact) mass is 269 g/mol. The van der Waals surface area contributed by atoms with E-state index in [-0.39, 0.29) is 0 Å². The molecule has 0 fully saturated rings. The van der Waals surface area contributed by atoms with Crippen LogP contribution in [0.5, 0.6) is 0 Å². The number of aromatic nitrogens is 4. The van der Waals surface area contributed by atoms with Crippen LogP contribution in [0.15, 0.2) is 18.2 Å². The second kappa shape index (κ2) is 4.76. The molecule has 2 N–H and O–H groups in total. The molecule has 2 heterocycles. The molecule has 20 heavy (non-hydrogen) atoms. The van der Waals surface area contributed by atoms with Crippen LogP contribution in [0.25, 0.3) is 22.3 Å². The van der Waals surface area contributed by atoms with Gasteiger partial charge in [-0.1, -0.05) is 6.07 Å². The molecule has 1 aromatic carbocycles. The maximum absolute atomic E-state index is 4.66. The lowest BCUT2D eigenvalue weighted by Crippen LogP contribution is -2.10. The molecule has 0 unspecified atom stereocenters. The van der Waals surface area contributed by atoms with Gasteiger partial charge >= 0.3 is 0 Å². The number of benzene rings is 1. The molecule has 0 atom stereocenters. The van der Waals surface area contributed by atoms with E-state index in [1.807, 2.05) is 31.8 Å². The molecule has 0 amide bonds. The number of hydrogen-bond acceptors (Lipinski definition) is 3. The number of fused-ring (bicyclic) bond motifs is 1. The summed E-state index contributed by atoms with van der Waals surface area (Å²) in [5, 5.41) is 7.84. The summed E-state index contributed by atoms with van der Waals surface area (Å²) in [5.41, 5.74) is 6.64. The zero-order chi connectivity index (χ0) is 14.3. The summed E-state index contributed by atoms with van der Waals surface area (Å²) in [5.74, 6) is 0.936. The van der Waals surface area contributed by atoms with Crippen molar-refractivity contribution in [2.45, 2.75) is 20.4 Å². The van der Waals surface area contributed by atoms with Gasteiger partial charge in [-0.15, -0.1) is 0 Å². The van der Waals surface area contributed by atoms with Gasteiger partial charge in [0.15, 0.2) is 0 Å². The van der Waals surface area contributed by atoms with Crippen molar-refractivity contribution in [1.29, 1.82) is 0 Å². The molecule has 0 aliphatic carbocycles. The van der Waals surface area contributed by atoms with Gasteiger partial charge in [-0.25, -0.2) is 4.98 Å². The summed E-state index contributed by atoms with van der Waals surface area (Å²) in [6.07, 6.45) is 0. The van der Waals surface area contributed by atoms with Gasteiger partial charge in [0.25, 0.3) is 0 Å². The molecule has 0 radical (unpaired) electrons. The van der Waals surface area contributed by atoms with Gasteiger partial charge in [0.1, 0.15) is 5.82 Å². The highest BCUT2D eigenvalue weighted by molar-refractivity contribution is 5.81. The van der Waals surface area contributed by atoms with Crippen LogP contribution in [0, 0.1) is 13.8 Å². The first kappa shape index (κ1) is 12.9. The van der Waals surface area contributed by atoms with Crippen molar-refractivity contribution in [3.8, 4) is 11.3 Å². The largest absolute Gasteiger partial charge is 0.342 e. The topological polar surface area (TPSA) is 58.5 Å². The van der Waals surface area contributed by atoms with Gasteiger partial charge in [-0.3, -0.25) is 4.68 Å². The highest BCUT2D eigenvalue weighted by Crippen LogP contribution is 2.27. The number of nitrogens with one attached hydrogen (secondary N) is 2. The van der Waals surface area contributed by atoms with Crippen LogP contribution in [0.2, 0.25) is 0 Å². The normalized spacial score (nSPS) is 11.4. The van der Waals surface area contributed by atoms with Gasteiger partial charge in [0.05, 0.1) is 22.4 Å². The minimum atomic E-state index is 0.820. The number of aryl methyl sites for hydroxylation is 2. The fourth-order valence-corrected chi connectivity index (χ4v) is 2.64. The van der Waals surface area contributed by atoms with Crippen molar-refractivity contribution >= 4 is 11.0 Å². The Morgan fingerprint density at radius 3 is 2.85 bits per heavy atom. The molecule has 5 nitrogen and oxygen atoms in total. The molecule has 3 aromatic rings. The number of rotatable bonds is 3. The molecule has 0 bridgehead atoms. The minimum Gasteiger partial charge on any atom is -0.342 e. The summed E-state index contributed by atoms with van der Waals surface area (Å²) < 4.78 is 1.95. The smallest absolute Gasteiger partial charge is 0.104 e. The predicted molar refractivity (Wildman–Crippen MR) is 80.5 cm³/mol. The van der Waals surface area contributed by atoms with E-state index < -0.39 is 0 Å². The van der Waals surface area contributed by atoms with E-state index in [4.69, 9.17) is 0 Å².